The van der Waals surface area contributed by atoms with Crippen LogP contribution >= 0.6 is 34.9 Å². The highest BCUT2D eigenvalue weighted by Gasteiger charge is 2.54. The van der Waals surface area contributed by atoms with E-state index in [1.54, 1.807) is 18.5 Å². The average molecular weight is 582 g/mol. The third kappa shape index (κ3) is 5.46. The summed E-state index contributed by atoms with van der Waals surface area (Å²) < 4.78 is 1.47. The van der Waals surface area contributed by atoms with Crippen LogP contribution in [0.3, 0.4) is 0 Å². The molecule has 6 amide bonds. The number of anilines is 1. The fraction of sp³-hybridized carbons (Fsp3) is 0.400. The van der Waals surface area contributed by atoms with Gasteiger partial charge in [0.05, 0.1) is 12.1 Å². The Morgan fingerprint density at radius 1 is 1.29 bits per heavy atom. The highest BCUT2D eigenvalue weighted by molar-refractivity contribution is 8.01. The molecule has 2 aromatic rings. The minimum atomic E-state index is -1.22. The van der Waals surface area contributed by atoms with Gasteiger partial charge in [0.2, 0.25) is 11.1 Å². The number of amides is 6. The SMILES string of the molecule is CNC(=O)N(C)C(=O)Nc1ccsc1CC(=O)NC1C(=O)N2C(C(=O)O)=C(CSc3nnnn3C)CSC12. The first-order valence-corrected chi connectivity index (χ1v) is 13.9. The molecule has 0 spiro atoms. The summed E-state index contributed by atoms with van der Waals surface area (Å²) in [5.74, 6) is -1.54. The molecule has 38 heavy (non-hydrogen) atoms. The average Bonchev–Trinajstić information content (AvgIpc) is 3.51. The van der Waals surface area contributed by atoms with Crippen LogP contribution in [0.1, 0.15) is 4.88 Å². The fourth-order valence-electron chi connectivity index (χ4n) is 3.71. The monoisotopic (exact) mass is 581 g/mol. The van der Waals surface area contributed by atoms with Gasteiger partial charge >= 0.3 is 18.0 Å². The smallest absolute Gasteiger partial charge is 0.352 e. The van der Waals surface area contributed by atoms with Crippen molar-refractivity contribution in [3.63, 3.8) is 0 Å². The number of thioether (sulfide) groups is 2. The van der Waals surface area contributed by atoms with Gasteiger partial charge in [-0.1, -0.05) is 11.8 Å². The molecule has 0 radical (unpaired) electrons. The van der Waals surface area contributed by atoms with Crippen LogP contribution in [0.25, 0.3) is 0 Å². The summed E-state index contributed by atoms with van der Waals surface area (Å²) in [6.07, 6.45) is -0.118. The van der Waals surface area contributed by atoms with Crippen LogP contribution in [0.2, 0.25) is 0 Å². The zero-order valence-electron chi connectivity index (χ0n) is 20.3. The van der Waals surface area contributed by atoms with E-state index < -0.39 is 41.3 Å². The summed E-state index contributed by atoms with van der Waals surface area (Å²) in [5.41, 5.74) is 0.844. The van der Waals surface area contributed by atoms with Crippen LogP contribution in [0, 0.1) is 0 Å². The van der Waals surface area contributed by atoms with Gasteiger partial charge in [-0.2, -0.15) is 0 Å². The van der Waals surface area contributed by atoms with Crippen LogP contribution in [0.4, 0.5) is 15.3 Å². The Labute approximate surface area is 228 Å². The van der Waals surface area contributed by atoms with Gasteiger partial charge in [0.25, 0.3) is 5.91 Å². The number of carbonyl (C=O) groups excluding carboxylic acids is 4. The lowest BCUT2D eigenvalue weighted by atomic mass is 10.0. The summed E-state index contributed by atoms with van der Waals surface area (Å²) in [5, 5.41) is 30.2. The van der Waals surface area contributed by atoms with Crippen molar-refractivity contribution in [3.05, 3.63) is 27.6 Å². The number of aliphatic carboxylic acids is 1. The number of hydrogen-bond donors (Lipinski definition) is 4. The molecule has 18 heteroatoms. The van der Waals surface area contributed by atoms with Gasteiger partial charge in [0, 0.05) is 37.5 Å². The van der Waals surface area contributed by atoms with Crippen LogP contribution < -0.4 is 16.0 Å². The van der Waals surface area contributed by atoms with Crippen LogP contribution in [0.15, 0.2) is 27.9 Å². The zero-order valence-corrected chi connectivity index (χ0v) is 22.8. The van der Waals surface area contributed by atoms with E-state index in [0.29, 0.717) is 32.8 Å². The van der Waals surface area contributed by atoms with Crippen molar-refractivity contribution in [2.24, 2.45) is 7.05 Å². The zero-order chi connectivity index (χ0) is 27.6. The molecular formula is C20H23N9O6S3. The number of carboxylic acids is 1. The summed E-state index contributed by atoms with van der Waals surface area (Å²) in [4.78, 5) is 64.2. The Morgan fingerprint density at radius 3 is 2.71 bits per heavy atom. The van der Waals surface area contributed by atoms with Gasteiger partial charge in [-0.25, -0.2) is 24.0 Å². The van der Waals surface area contributed by atoms with E-state index in [0.717, 1.165) is 4.90 Å². The highest BCUT2D eigenvalue weighted by atomic mass is 32.2. The van der Waals surface area contributed by atoms with Crippen molar-refractivity contribution >= 4 is 70.4 Å². The number of urea groups is 2. The van der Waals surface area contributed by atoms with Crippen molar-refractivity contribution in [2.45, 2.75) is 23.0 Å². The number of tetrazole rings is 1. The predicted octanol–water partition coefficient (Wildman–Crippen LogP) is 0.148. The third-order valence-electron chi connectivity index (χ3n) is 5.65. The van der Waals surface area contributed by atoms with E-state index >= 15 is 0 Å². The molecule has 2 aromatic heterocycles. The largest absolute Gasteiger partial charge is 0.477 e. The van der Waals surface area contributed by atoms with E-state index in [2.05, 4.69) is 31.5 Å². The maximum absolute atomic E-state index is 12.9. The number of aryl methyl sites for hydroxylation is 1. The number of imide groups is 1. The first kappa shape index (κ1) is 27.4. The first-order chi connectivity index (χ1) is 18.1. The topological polar surface area (TPSA) is 192 Å². The van der Waals surface area contributed by atoms with Gasteiger partial charge in [-0.15, -0.1) is 28.2 Å². The summed E-state index contributed by atoms with van der Waals surface area (Å²) >= 11 is 3.86. The maximum atomic E-state index is 12.9. The summed E-state index contributed by atoms with van der Waals surface area (Å²) in [6, 6.07) is -0.546. The second kappa shape index (κ2) is 11.4. The maximum Gasteiger partial charge on any atom is 0.352 e. The second-order valence-corrected chi connectivity index (χ2v) is 11.1. The number of fused-ring (bicyclic) bond motifs is 1. The van der Waals surface area contributed by atoms with Gasteiger partial charge < -0.3 is 21.1 Å². The molecule has 1 fully saturated rings. The van der Waals surface area contributed by atoms with E-state index in [1.807, 2.05) is 0 Å². The molecule has 202 valence electrons. The Hall–Kier alpha value is -3.64. The molecule has 4 heterocycles. The Morgan fingerprint density at radius 2 is 2.05 bits per heavy atom. The van der Waals surface area contributed by atoms with E-state index in [-0.39, 0.29) is 12.1 Å². The van der Waals surface area contributed by atoms with E-state index in [4.69, 9.17) is 0 Å². The van der Waals surface area contributed by atoms with Crippen LogP contribution in [0.5, 0.6) is 0 Å². The molecular weight excluding hydrogens is 558 g/mol. The molecule has 0 bridgehead atoms. The first-order valence-electron chi connectivity index (χ1n) is 11.0. The molecule has 0 aromatic carbocycles. The molecule has 2 aliphatic heterocycles. The lowest BCUT2D eigenvalue weighted by Crippen LogP contribution is -2.70. The number of carbonyl (C=O) groups is 5. The van der Waals surface area contributed by atoms with Crippen molar-refractivity contribution in [2.75, 3.05) is 30.9 Å². The Bertz CT molecular complexity index is 1320. The molecule has 2 unspecified atom stereocenters. The molecule has 2 aliphatic rings. The number of thiophene rings is 1. The number of carboxylic acid groups (broad SMARTS) is 1. The van der Waals surface area contributed by atoms with Crippen molar-refractivity contribution < 1.29 is 29.1 Å². The molecule has 1 saturated heterocycles. The van der Waals surface area contributed by atoms with Gasteiger partial charge in [0.15, 0.2) is 0 Å². The fourth-order valence-corrected chi connectivity index (χ4v) is 6.87. The number of rotatable bonds is 8. The van der Waals surface area contributed by atoms with Crippen molar-refractivity contribution in [3.8, 4) is 0 Å². The van der Waals surface area contributed by atoms with E-state index in [1.165, 1.54) is 58.5 Å². The normalized spacial score (nSPS) is 18.4. The lowest BCUT2D eigenvalue weighted by Gasteiger charge is -2.49. The molecule has 4 rings (SSSR count). The lowest BCUT2D eigenvalue weighted by molar-refractivity contribution is -0.150. The molecule has 4 N–H and O–H groups in total. The predicted molar refractivity (Wildman–Crippen MR) is 138 cm³/mol. The second-order valence-electron chi connectivity index (χ2n) is 8.06. The number of nitrogens with zero attached hydrogens (tertiary/aromatic N) is 6. The Balaban J connectivity index is 1.38. The van der Waals surface area contributed by atoms with Gasteiger partial charge in [-0.3, -0.25) is 14.5 Å². The van der Waals surface area contributed by atoms with Crippen molar-refractivity contribution in [1.29, 1.82) is 0 Å². The molecule has 0 saturated carbocycles. The Kier molecular flexibility index (Phi) is 8.22. The third-order valence-corrected chi connectivity index (χ3v) is 9.01. The summed E-state index contributed by atoms with van der Waals surface area (Å²) in [7, 11) is 4.37. The molecule has 15 nitrogen and oxygen atoms in total. The summed E-state index contributed by atoms with van der Waals surface area (Å²) in [6.45, 7) is 0. The number of hydrogen-bond acceptors (Lipinski definition) is 11. The van der Waals surface area contributed by atoms with Crippen molar-refractivity contribution in [1.82, 2.24) is 40.6 Å². The highest BCUT2D eigenvalue weighted by Crippen LogP contribution is 2.41. The number of β-lactam (4-membered cyclic amide) rings is 1. The van der Waals surface area contributed by atoms with E-state index in [9.17, 15) is 29.1 Å². The quantitative estimate of drug-likeness (QED) is 0.245. The standard InChI is InChI=1S/C20H23N9O6S3/c1-21-18(34)27(2)19(35)22-10-4-5-36-11(10)6-12(30)23-13-15(31)29-14(17(32)33)9(7-37-16(13)29)8-38-20-24-25-26-28(20)3/h4-5,13,16H,6-8H2,1-3H3,(H,21,34)(H,22,35)(H,23,30)(H,32,33). The van der Waals surface area contributed by atoms with Gasteiger partial charge in [-0.05, 0) is 27.4 Å². The minimum Gasteiger partial charge on any atom is -0.477 e. The number of nitrogens with one attached hydrogen (secondary N) is 3. The number of aromatic nitrogens is 4. The molecule has 2 atom stereocenters. The minimum absolute atomic E-state index is 0.0876. The van der Waals surface area contributed by atoms with Crippen LogP contribution in [-0.2, 0) is 27.9 Å². The van der Waals surface area contributed by atoms with Gasteiger partial charge in [0.1, 0.15) is 17.1 Å². The van der Waals surface area contributed by atoms with Crippen LogP contribution in [-0.4, -0.2) is 102 Å². The molecule has 0 aliphatic carbocycles.